The van der Waals surface area contributed by atoms with Gasteiger partial charge in [-0.2, -0.15) is 0 Å². The summed E-state index contributed by atoms with van der Waals surface area (Å²) in [4.78, 5) is 0.432. The Labute approximate surface area is 130 Å². The molecule has 0 saturated heterocycles. The van der Waals surface area contributed by atoms with Crippen molar-refractivity contribution in [3.8, 4) is 0 Å². The molecule has 0 bridgehead atoms. The summed E-state index contributed by atoms with van der Waals surface area (Å²) in [5.41, 5.74) is 0. The van der Waals surface area contributed by atoms with Gasteiger partial charge in [0.1, 0.15) is 0 Å². The normalized spacial score (nSPS) is 23.7. The second-order valence-corrected chi connectivity index (χ2v) is 8.47. The molecule has 112 valence electrons. The van der Waals surface area contributed by atoms with Gasteiger partial charge in [-0.3, -0.25) is 0 Å². The zero-order valence-electron chi connectivity index (χ0n) is 11.8. The number of benzene rings is 1. The minimum Gasteiger partial charge on any atom is -0.314 e. The van der Waals surface area contributed by atoms with Crippen LogP contribution >= 0.6 is 15.9 Å². The molecule has 1 aliphatic carbocycles. The molecule has 1 N–H and O–H groups in total. The maximum absolute atomic E-state index is 12.8. The van der Waals surface area contributed by atoms with Gasteiger partial charge in [0.25, 0.3) is 0 Å². The predicted octanol–water partition coefficient (Wildman–Crippen LogP) is 3.53. The van der Waals surface area contributed by atoms with Gasteiger partial charge in [0.05, 0.1) is 10.1 Å². The SMILES string of the molecule is CCCNC1CCCC(S(=O)(=O)c2ccccc2Br)C1. The molecule has 2 rings (SSSR count). The van der Waals surface area contributed by atoms with E-state index < -0.39 is 9.84 Å². The molecule has 1 saturated carbocycles. The van der Waals surface area contributed by atoms with Gasteiger partial charge in [-0.25, -0.2) is 8.42 Å². The van der Waals surface area contributed by atoms with E-state index in [1.165, 1.54) is 0 Å². The molecular weight excluding hydrogens is 338 g/mol. The van der Waals surface area contributed by atoms with Gasteiger partial charge >= 0.3 is 0 Å². The Kier molecular flexibility index (Phi) is 5.64. The third-order valence-corrected chi connectivity index (χ3v) is 7.12. The van der Waals surface area contributed by atoms with Gasteiger partial charge < -0.3 is 5.32 Å². The monoisotopic (exact) mass is 359 g/mol. The minimum atomic E-state index is -3.24. The molecule has 2 atom stereocenters. The van der Waals surface area contributed by atoms with Crippen molar-refractivity contribution >= 4 is 25.8 Å². The van der Waals surface area contributed by atoms with Crippen LogP contribution in [-0.4, -0.2) is 26.3 Å². The molecule has 0 radical (unpaired) electrons. The van der Waals surface area contributed by atoms with E-state index in [0.717, 1.165) is 38.6 Å². The highest BCUT2D eigenvalue weighted by atomic mass is 79.9. The number of rotatable bonds is 5. The summed E-state index contributed by atoms with van der Waals surface area (Å²) in [6.45, 7) is 3.09. The highest BCUT2D eigenvalue weighted by molar-refractivity contribution is 9.10. The molecule has 0 aliphatic heterocycles. The van der Waals surface area contributed by atoms with Crippen LogP contribution in [0.15, 0.2) is 33.6 Å². The Morgan fingerprint density at radius 3 is 2.75 bits per heavy atom. The van der Waals surface area contributed by atoms with Crippen molar-refractivity contribution in [3.63, 3.8) is 0 Å². The van der Waals surface area contributed by atoms with Gasteiger partial charge in [0, 0.05) is 10.5 Å². The molecule has 1 aliphatic rings. The van der Waals surface area contributed by atoms with E-state index in [-0.39, 0.29) is 5.25 Å². The van der Waals surface area contributed by atoms with Gasteiger partial charge in [0.15, 0.2) is 9.84 Å². The van der Waals surface area contributed by atoms with Gasteiger partial charge in [-0.1, -0.05) is 25.5 Å². The Hall–Kier alpha value is -0.390. The summed E-state index contributed by atoms with van der Waals surface area (Å²) in [5, 5.41) is 3.20. The fourth-order valence-electron chi connectivity index (χ4n) is 2.82. The average Bonchev–Trinajstić information content (AvgIpc) is 2.45. The van der Waals surface area contributed by atoms with Crippen molar-refractivity contribution in [2.24, 2.45) is 0 Å². The first-order valence-corrected chi connectivity index (χ1v) is 9.61. The fourth-order valence-corrected chi connectivity index (χ4v) is 5.71. The van der Waals surface area contributed by atoms with Crippen molar-refractivity contribution < 1.29 is 8.42 Å². The molecule has 20 heavy (non-hydrogen) atoms. The van der Waals surface area contributed by atoms with Crippen LogP contribution in [0.4, 0.5) is 0 Å². The minimum absolute atomic E-state index is 0.260. The van der Waals surface area contributed by atoms with E-state index >= 15 is 0 Å². The first kappa shape index (κ1) is 16.0. The van der Waals surface area contributed by atoms with E-state index in [1.54, 1.807) is 18.2 Å². The van der Waals surface area contributed by atoms with Crippen LogP contribution in [0.5, 0.6) is 0 Å². The topological polar surface area (TPSA) is 46.2 Å². The first-order valence-electron chi connectivity index (χ1n) is 7.27. The summed E-state index contributed by atoms with van der Waals surface area (Å²) in [6.07, 6.45) is 4.65. The standard InChI is InChI=1S/C15H22BrNO2S/c1-2-10-17-12-6-5-7-13(11-12)20(18,19)15-9-4-3-8-14(15)16/h3-4,8-9,12-13,17H,2,5-7,10-11H2,1H3. The maximum Gasteiger partial charge on any atom is 0.182 e. The van der Waals surface area contributed by atoms with Crippen LogP contribution < -0.4 is 5.32 Å². The summed E-state index contributed by atoms with van der Waals surface area (Å²) in [6, 6.07) is 7.46. The van der Waals surface area contributed by atoms with E-state index in [9.17, 15) is 8.42 Å². The number of halogens is 1. The molecule has 0 spiro atoms. The molecule has 2 unspecified atom stereocenters. The van der Waals surface area contributed by atoms with Crippen LogP contribution in [-0.2, 0) is 9.84 Å². The number of sulfone groups is 1. The lowest BCUT2D eigenvalue weighted by Crippen LogP contribution is -2.39. The Morgan fingerprint density at radius 1 is 1.30 bits per heavy atom. The summed E-state index contributed by atoms with van der Waals surface area (Å²) >= 11 is 3.36. The van der Waals surface area contributed by atoms with Gasteiger partial charge in [0.2, 0.25) is 0 Å². The number of nitrogens with one attached hydrogen (secondary N) is 1. The van der Waals surface area contributed by atoms with E-state index in [4.69, 9.17) is 0 Å². The molecule has 0 heterocycles. The van der Waals surface area contributed by atoms with Crippen LogP contribution in [0, 0.1) is 0 Å². The predicted molar refractivity (Wildman–Crippen MR) is 85.7 cm³/mol. The molecule has 1 aromatic rings. The second-order valence-electron chi connectivity index (χ2n) is 5.42. The average molecular weight is 360 g/mol. The Morgan fingerprint density at radius 2 is 2.05 bits per heavy atom. The zero-order valence-corrected chi connectivity index (χ0v) is 14.2. The first-order chi connectivity index (χ1) is 9.55. The molecule has 3 nitrogen and oxygen atoms in total. The van der Waals surface area contributed by atoms with Crippen molar-refractivity contribution in [1.82, 2.24) is 5.32 Å². The maximum atomic E-state index is 12.8. The summed E-state index contributed by atoms with van der Waals surface area (Å²) in [7, 11) is -3.24. The van der Waals surface area contributed by atoms with Crippen molar-refractivity contribution in [3.05, 3.63) is 28.7 Å². The lowest BCUT2D eigenvalue weighted by molar-refractivity contribution is 0.372. The molecular formula is C15H22BrNO2S. The third-order valence-electron chi connectivity index (χ3n) is 3.89. The van der Waals surface area contributed by atoms with Gasteiger partial charge in [-0.15, -0.1) is 0 Å². The fraction of sp³-hybridized carbons (Fsp3) is 0.600. The smallest absolute Gasteiger partial charge is 0.182 e. The lowest BCUT2D eigenvalue weighted by atomic mass is 9.95. The van der Waals surface area contributed by atoms with Crippen LogP contribution in [0.25, 0.3) is 0 Å². The van der Waals surface area contributed by atoms with E-state index in [1.807, 2.05) is 6.07 Å². The van der Waals surface area contributed by atoms with Crippen LogP contribution in [0.2, 0.25) is 0 Å². The summed E-state index contributed by atoms with van der Waals surface area (Å²) < 4.78 is 26.2. The highest BCUT2D eigenvalue weighted by Crippen LogP contribution is 2.32. The second kappa shape index (κ2) is 7.05. The Balaban J connectivity index is 2.15. The van der Waals surface area contributed by atoms with Crippen molar-refractivity contribution in [2.75, 3.05) is 6.54 Å². The third kappa shape index (κ3) is 3.62. The Bertz CT molecular complexity index is 545. The number of hydrogen-bond acceptors (Lipinski definition) is 3. The quantitative estimate of drug-likeness (QED) is 0.874. The molecule has 5 heteroatoms. The van der Waals surface area contributed by atoms with E-state index in [2.05, 4.69) is 28.2 Å². The van der Waals surface area contributed by atoms with Crippen molar-refractivity contribution in [1.29, 1.82) is 0 Å². The number of hydrogen-bond donors (Lipinski definition) is 1. The molecule has 0 amide bonds. The molecule has 1 fully saturated rings. The van der Waals surface area contributed by atoms with Gasteiger partial charge in [-0.05, 0) is 60.3 Å². The van der Waals surface area contributed by atoms with Crippen LogP contribution in [0.1, 0.15) is 39.0 Å². The summed E-state index contributed by atoms with van der Waals surface area (Å²) in [5.74, 6) is 0. The molecule has 1 aromatic carbocycles. The highest BCUT2D eigenvalue weighted by Gasteiger charge is 2.33. The molecule has 0 aromatic heterocycles. The van der Waals surface area contributed by atoms with E-state index in [0.29, 0.717) is 15.4 Å². The van der Waals surface area contributed by atoms with Crippen molar-refractivity contribution in [2.45, 2.75) is 55.2 Å². The van der Waals surface area contributed by atoms with Crippen LogP contribution in [0.3, 0.4) is 0 Å². The largest absolute Gasteiger partial charge is 0.314 e. The zero-order chi connectivity index (χ0) is 14.6. The lowest BCUT2D eigenvalue weighted by Gasteiger charge is -2.29.